The molecule has 0 amide bonds. The highest BCUT2D eigenvalue weighted by atomic mass is 16.5. The molecule has 4 aliphatic rings. The molecule has 0 radical (unpaired) electrons. The Kier molecular flexibility index (Phi) is 8.65. The number of nitrogen functional groups attached to an aromatic ring is 2. The van der Waals surface area contributed by atoms with Crippen molar-refractivity contribution in [2.24, 2.45) is 46.3 Å². The fourth-order valence-electron chi connectivity index (χ4n) is 10.1. The van der Waals surface area contributed by atoms with Crippen LogP contribution in [0.4, 0.5) is 11.4 Å². The van der Waals surface area contributed by atoms with Crippen molar-refractivity contribution < 1.29 is 9.53 Å². The average Bonchev–Trinajstić information content (AvgIpc) is 3.24. The third-order valence-electron chi connectivity index (χ3n) is 12.2. The summed E-state index contributed by atoms with van der Waals surface area (Å²) in [5.41, 5.74) is 16.5. The van der Waals surface area contributed by atoms with Crippen molar-refractivity contribution in [3.05, 3.63) is 35.4 Å². The summed E-state index contributed by atoms with van der Waals surface area (Å²) in [4.78, 5) is 12.8. The first-order valence-electron chi connectivity index (χ1n) is 16.5. The first kappa shape index (κ1) is 29.5. The Labute approximate surface area is 244 Å². The molecule has 1 aromatic rings. The van der Waals surface area contributed by atoms with Crippen LogP contribution in [0.3, 0.4) is 0 Å². The molecule has 5 rings (SSSR count). The van der Waals surface area contributed by atoms with E-state index in [-0.39, 0.29) is 17.5 Å². The molecule has 8 atom stereocenters. The second-order valence-corrected chi connectivity index (χ2v) is 15.2. The van der Waals surface area contributed by atoms with Crippen molar-refractivity contribution in [1.29, 1.82) is 0 Å². The summed E-state index contributed by atoms with van der Waals surface area (Å²) in [7, 11) is 0. The lowest BCUT2D eigenvalue weighted by Gasteiger charge is -2.58. The van der Waals surface area contributed by atoms with E-state index in [0.29, 0.717) is 29.6 Å². The van der Waals surface area contributed by atoms with Gasteiger partial charge in [0.2, 0.25) is 0 Å². The molecule has 0 bridgehead atoms. The summed E-state index contributed by atoms with van der Waals surface area (Å²) in [5.74, 6) is 5.01. The van der Waals surface area contributed by atoms with Crippen LogP contribution in [0, 0.1) is 46.3 Å². The molecule has 0 heterocycles. The maximum Gasteiger partial charge on any atom is 0.306 e. The van der Waals surface area contributed by atoms with Crippen LogP contribution in [0.1, 0.15) is 117 Å². The largest absolute Gasteiger partial charge is 0.462 e. The first-order chi connectivity index (χ1) is 19.0. The van der Waals surface area contributed by atoms with E-state index in [1.54, 1.807) is 11.6 Å². The maximum absolute atomic E-state index is 12.8. The lowest BCUT2D eigenvalue weighted by Crippen LogP contribution is -2.51. The third-order valence-corrected chi connectivity index (χ3v) is 12.2. The number of carbonyl (C=O) groups excluding carboxylic acids is 1. The minimum absolute atomic E-state index is 0.0192. The van der Waals surface area contributed by atoms with Crippen LogP contribution in [-0.4, -0.2) is 12.1 Å². The van der Waals surface area contributed by atoms with Crippen molar-refractivity contribution in [2.45, 2.75) is 124 Å². The number of carbonyl (C=O) groups is 1. The molecule has 4 nitrogen and oxygen atoms in total. The van der Waals surface area contributed by atoms with Crippen LogP contribution in [0.15, 0.2) is 29.8 Å². The molecular weight excluding hydrogens is 492 g/mol. The first-order valence-corrected chi connectivity index (χ1v) is 16.5. The summed E-state index contributed by atoms with van der Waals surface area (Å²) in [6.45, 7) is 12.5. The molecular formula is C36H56N2O2. The smallest absolute Gasteiger partial charge is 0.306 e. The van der Waals surface area contributed by atoms with E-state index in [2.05, 4.69) is 40.7 Å². The number of nitrogens with two attached hydrogens (primary N) is 2. The number of allylic oxidation sites excluding steroid dienone is 1. The lowest BCUT2D eigenvalue weighted by atomic mass is 9.47. The van der Waals surface area contributed by atoms with Gasteiger partial charge in [0.05, 0.1) is 0 Å². The standard InChI is InChI=1S/C36H56N2O2/c1-23(2)7-6-8-24(3)31-12-13-32-30-11-10-26-21-29(15-17-35(26,4)33(30)16-18-36(31,32)5)40-34(39)14-9-25-19-27(37)22-28(38)20-25/h10,19-20,22-24,29-33H,6-9,11-18,21,37-38H2,1-5H3. The predicted octanol–water partition coefficient (Wildman–Crippen LogP) is 8.74. The molecule has 1 aromatic carbocycles. The van der Waals surface area contributed by atoms with Gasteiger partial charge in [-0.3, -0.25) is 4.79 Å². The van der Waals surface area contributed by atoms with Crippen LogP contribution < -0.4 is 11.5 Å². The highest BCUT2D eigenvalue weighted by Crippen LogP contribution is 2.67. The highest BCUT2D eigenvalue weighted by Gasteiger charge is 2.59. The monoisotopic (exact) mass is 548 g/mol. The Balaban J connectivity index is 1.19. The van der Waals surface area contributed by atoms with Crippen LogP contribution >= 0.6 is 0 Å². The zero-order valence-corrected chi connectivity index (χ0v) is 26.0. The molecule has 0 aromatic heterocycles. The topological polar surface area (TPSA) is 78.3 Å². The number of ether oxygens (including phenoxy) is 1. The minimum Gasteiger partial charge on any atom is -0.462 e. The second-order valence-electron chi connectivity index (χ2n) is 15.2. The van der Waals surface area contributed by atoms with E-state index in [9.17, 15) is 4.79 Å². The highest BCUT2D eigenvalue weighted by molar-refractivity contribution is 5.70. The summed E-state index contributed by atoms with van der Waals surface area (Å²) in [6.07, 6.45) is 17.8. The van der Waals surface area contributed by atoms with Gasteiger partial charge in [-0.2, -0.15) is 0 Å². The van der Waals surface area contributed by atoms with Crippen LogP contribution in [0.25, 0.3) is 0 Å². The summed E-state index contributed by atoms with van der Waals surface area (Å²) < 4.78 is 6.03. The predicted molar refractivity (Wildman–Crippen MR) is 167 cm³/mol. The van der Waals surface area contributed by atoms with Gasteiger partial charge in [-0.15, -0.1) is 0 Å². The van der Waals surface area contributed by atoms with E-state index in [4.69, 9.17) is 16.2 Å². The van der Waals surface area contributed by atoms with E-state index in [0.717, 1.165) is 60.3 Å². The van der Waals surface area contributed by atoms with Gasteiger partial charge in [0, 0.05) is 24.2 Å². The Morgan fingerprint density at radius 1 is 0.975 bits per heavy atom. The third kappa shape index (κ3) is 5.84. The van der Waals surface area contributed by atoms with Crippen LogP contribution in [0.5, 0.6) is 0 Å². The van der Waals surface area contributed by atoms with Crippen molar-refractivity contribution in [3.8, 4) is 0 Å². The van der Waals surface area contributed by atoms with E-state index in [1.165, 1.54) is 51.4 Å². The number of anilines is 2. The van der Waals surface area contributed by atoms with E-state index >= 15 is 0 Å². The number of aryl methyl sites for hydroxylation is 1. The summed E-state index contributed by atoms with van der Waals surface area (Å²) in [5, 5.41) is 0. The van der Waals surface area contributed by atoms with Gasteiger partial charge in [-0.05, 0) is 121 Å². The fourth-order valence-corrected chi connectivity index (χ4v) is 10.1. The van der Waals surface area contributed by atoms with Gasteiger partial charge < -0.3 is 16.2 Å². The Hall–Kier alpha value is -1.97. The Morgan fingerprint density at radius 3 is 2.45 bits per heavy atom. The quantitative estimate of drug-likeness (QED) is 0.184. The molecule has 0 spiro atoms. The molecule has 222 valence electrons. The van der Waals surface area contributed by atoms with Gasteiger partial charge in [0.25, 0.3) is 0 Å². The Morgan fingerprint density at radius 2 is 1.73 bits per heavy atom. The van der Waals surface area contributed by atoms with Gasteiger partial charge in [0.15, 0.2) is 0 Å². The number of fused-ring (bicyclic) bond motifs is 5. The average molecular weight is 549 g/mol. The molecule has 4 heteroatoms. The SMILES string of the molecule is CC(C)CCCC(C)C1CCC2C3CC=C4CC(OC(=O)CCc5cc(N)cc(N)c5)CCC4(C)C3CCC12C. The second kappa shape index (κ2) is 11.7. The van der Waals surface area contributed by atoms with Crippen molar-refractivity contribution in [2.75, 3.05) is 11.5 Å². The van der Waals surface area contributed by atoms with Crippen LogP contribution in [0.2, 0.25) is 0 Å². The van der Waals surface area contributed by atoms with Gasteiger partial charge >= 0.3 is 5.97 Å². The van der Waals surface area contributed by atoms with Crippen molar-refractivity contribution in [1.82, 2.24) is 0 Å². The molecule has 40 heavy (non-hydrogen) atoms. The molecule has 4 N–H and O–H groups in total. The molecule has 3 saturated carbocycles. The van der Waals surface area contributed by atoms with Gasteiger partial charge in [-0.25, -0.2) is 0 Å². The van der Waals surface area contributed by atoms with Gasteiger partial charge in [0.1, 0.15) is 6.10 Å². The van der Waals surface area contributed by atoms with Crippen LogP contribution in [-0.2, 0) is 16.0 Å². The zero-order chi connectivity index (χ0) is 28.7. The lowest BCUT2D eigenvalue weighted by molar-refractivity contribution is -0.151. The molecule has 4 aliphatic carbocycles. The van der Waals surface area contributed by atoms with Crippen molar-refractivity contribution >= 4 is 17.3 Å². The summed E-state index contributed by atoms with van der Waals surface area (Å²) >= 11 is 0. The molecule has 0 saturated heterocycles. The van der Waals surface area contributed by atoms with Gasteiger partial charge in [-0.1, -0.05) is 65.5 Å². The Bertz CT molecular complexity index is 1070. The number of rotatable bonds is 9. The molecule has 8 unspecified atom stereocenters. The summed E-state index contributed by atoms with van der Waals surface area (Å²) in [6, 6.07) is 5.54. The fraction of sp³-hybridized carbons (Fsp3) is 0.750. The normalized spacial score (nSPS) is 35.9. The van der Waals surface area contributed by atoms with E-state index in [1.807, 2.05) is 12.1 Å². The minimum atomic E-state index is -0.100. The number of hydrogen-bond donors (Lipinski definition) is 2. The zero-order valence-electron chi connectivity index (χ0n) is 26.0. The van der Waals surface area contributed by atoms with E-state index < -0.39 is 0 Å². The number of benzene rings is 1. The molecule has 3 fully saturated rings. The number of esters is 1. The van der Waals surface area contributed by atoms with Crippen molar-refractivity contribution in [3.63, 3.8) is 0 Å². The molecule has 0 aliphatic heterocycles. The maximum atomic E-state index is 12.8. The number of hydrogen-bond acceptors (Lipinski definition) is 4.